The van der Waals surface area contributed by atoms with E-state index in [2.05, 4.69) is 5.32 Å². The van der Waals surface area contributed by atoms with E-state index in [0.717, 1.165) is 17.0 Å². The summed E-state index contributed by atoms with van der Waals surface area (Å²) < 4.78 is 10.5. The van der Waals surface area contributed by atoms with Gasteiger partial charge in [0.05, 0.1) is 12.7 Å². The molecule has 0 saturated heterocycles. The second-order valence-electron chi connectivity index (χ2n) is 4.72. The zero-order valence-electron chi connectivity index (χ0n) is 12.5. The molecule has 2 aromatic carbocycles. The molecule has 2 rings (SSSR count). The summed E-state index contributed by atoms with van der Waals surface area (Å²) in [6.07, 6.45) is 0. The van der Waals surface area contributed by atoms with E-state index in [1.807, 2.05) is 36.4 Å². The fourth-order valence-corrected chi connectivity index (χ4v) is 1.98. The third-order valence-corrected chi connectivity index (χ3v) is 3.06. The first kappa shape index (κ1) is 15.9. The molecule has 0 unspecified atom stereocenters. The van der Waals surface area contributed by atoms with E-state index < -0.39 is 0 Å². The zero-order valence-corrected chi connectivity index (χ0v) is 12.5. The van der Waals surface area contributed by atoms with E-state index in [9.17, 15) is 4.79 Å². The van der Waals surface area contributed by atoms with Crippen molar-refractivity contribution < 1.29 is 14.3 Å². The number of rotatable bonds is 7. The van der Waals surface area contributed by atoms with Gasteiger partial charge in [-0.05, 0) is 29.8 Å². The monoisotopic (exact) mass is 300 g/mol. The van der Waals surface area contributed by atoms with Crippen molar-refractivity contribution in [2.24, 2.45) is 5.73 Å². The molecule has 0 fully saturated rings. The summed E-state index contributed by atoms with van der Waals surface area (Å²) in [5.74, 6) is 0.403. The van der Waals surface area contributed by atoms with Gasteiger partial charge >= 0.3 is 5.97 Å². The zero-order chi connectivity index (χ0) is 15.8. The highest BCUT2D eigenvalue weighted by Crippen LogP contribution is 2.18. The maximum Gasteiger partial charge on any atom is 0.337 e. The molecule has 0 atom stereocenters. The number of methoxy groups -OCH3 is 1. The maximum absolute atomic E-state index is 11.5. The van der Waals surface area contributed by atoms with Crippen molar-refractivity contribution in [2.45, 2.75) is 6.61 Å². The van der Waals surface area contributed by atoms with Crippen molar-refractivity contribution in [3.63, 3.8) is 0 Å². The minimum absolute atomic E-state index is 0.352. The second-order valence-corrected chi connectivity index (χ2v) is 4.72. The highest BCUT2D eigenvalue weighted by molar-refractivity contribution is 5.89. The van der Waals surface area contributed by atoms with Gasteiger partial charge in [-0.25, -0.2) is 4.79 Å². The molecule has 0 aliphatic carbocycles. The molecule has 0 aliphatic heterocycles. The van der Waals surface area contributed by atoms with Gasteiger partial charge in [0, 0.05) is 24.8 Å². The van der Waals surface area contributed by atoms with Gasteiger partial charge in [0.1, 0.15) is 12.4 Å². The number of esters is 1. The van der Waals surface area contributed by atoms with Crippen LogP contribution >= 0.6 is 0 Å². The molecule has 22 heavy (non-hydrogen) atoms. The van der Waals surface area contributed by atoms with E-state index in [1.165, 1.54) is 7.11 Å². The number of hydrogen-bond donors (Lipinski definition) is 2. The summed E-state index contributed by atoms with van der Waals surface area (Å²) in [5, 5.41) is 3.20. The lowest BCUT2D eigenvalue weighted by Gasteiger charge is -2.10. The molecule has 2 aromatic rings. The Morgan fingerprint density at radius 3 is 2.77 bits per heavy atom. The van der Waals surface area contributed by atoms with Gasteiger partial charge in [0.2, 0.25) is 0 Å². The normalized spacial score (nSPS) is 10.1. The minimum atomic E-state index is -0.352. The number of carbonyl (C=O) groups is 1. The first-order valence-corrected chi connectivity index (χ1v) is 7.07. The van der Waals surface area contributed by atoms with E-state index >= 15 is 0 Å². The lowest BCUT2D eigenvalue weighted by molar-refractivity contribution is 0.0600. The Morgan fingerprint density at radius 2 is 2.00 bits per heavy atom. The Hall–Kier alpha value is -2.53. The highest BCUT2D eigenvalue weighted by Gasteiger charge is 2.06. The van der Waals surface area contributed by atoms with E-state index in [0.29, 0.717) is 25.3 Å². The first-order chi connectivity index (χ1) is 10.7. The third-order valence-electron chi connectivity index (χ3n) is 3.06. The van der Waals surface area contributed by atoms with Gasteiger partial charge in [0.25, 0.3) is 0 Å². The van der Waals surface area contributed by atoms with Crippen molar-refractivity contribution in [2.75, 3.05) is 25.5 Å². The molecule has 0 aliphatic rings. The van der Waals surface area contributed by atoms with Crippen molar-refractivity contribution in [3.8, 4) is 5.75 Å². The van der Waals surface area contributed by atoms with Crippen molar-refractivity contribution >= 4 is 11.7 Å². The Bertz CT molecular complexity index is 629. The van der Waals surface area contributed by atoms with Crippen molar-refractivity contribution in [3.05, 3.63) is 59.7 Å². The summed E-state index contributed by atoms with van der Waals surface area (Å²) in [6, 6.07) is 14.9. The summed E-state index contributed by atoms with van der Waals surface area (Å²) in [6.45, 7) is 1.67. The average molecular weight is 300 g/mol. The fourth-order valence-electron chi connectivity index (χ4n) is 1.98. The quantitative estimate of drug-likeness (QED) is 0.768. The maximum atomic E-state index is 11.5. The molecule has 0 saturated carbocycles. The Labute approximate surface area is 130 Å². The molecule has 5 nitrogen and oxygen atoms in total. The topological polar surface area (TPSA) is 73.6 Å². The molecule has 0 aromatic heterocycles. The largest absolute Gasteiger partial charge is 0.489 e. The van der Waals surface area contributed by atoms with Gasteiger partial charge in [0.15, 0.2) is 0 Å². The molecule has 0 radical (unpaired) electrons. The fraction of sp³-hybridized carbons (Fsp3) is 0.235. The predicted molar refractivity (Wildman–Crippen MR) is 86.1 cm³/mol. The Balaban J connectivity index is 1.99. The van der Waals surface area contributed by atoms with Gasteiger partial charge in [-0.3, -0.25) is 0 Å². The van der Waals surface area contributed by atoms with E-state index in [-0.39, 0.29) is 5.97 Å². The van der Waals surface area contributed by atoms with Crippen molar-refractivity contribution in [1.29, 1.82) is 0 Å². The average Bonchev–Trinajstić information content (AvgIpc) is 2.58. The highest BCUT2D eigenvalue weighted by atomic mass is 16.5. The number of ether oxygens (including phenoxy) is 2. The Morgan fingerprint density at radius 1 is 1.18 bits per heavy atom. The van der Waals surface area contributed by atoms with Crippen LogP contribution in [0.1, 0.15) is 15.9 Å². The number of hydrogen-bond acceptors (Lipinski definition) is 5. The summed E-state index contributed by atoms with van der Waals surface area (Å²) >= 11 is 0. The molecule has 0 bridgehead atoms. The first-order valence-electron chi connectivity index (χ1n) is 7.07. The molecule has 0 heterocycles. The number of anilines is 1. The molecule has 5 heteroatoms. The van der Waals surface area contributed by atoms with Crippen LogP contribution in [-0.2, 0) is 11.3 Å². The summed E-state index contributed by atoms with van der Waals surface area (Å²) in [5.41, 5.74) is 7.85. The van der Waals surface area contributed by atoms with Crippen LogP contribution < -0.4 is 15.8 Å². The number of nitrogens with two attached hydrogens (primary N) is 1. The van der Waals surface area contributed by atoms with Crippen LogP contribution in [0.25, 0.3) is 0 Å². The molecule has 0 amide bonds. The SMILES string of the molecule is COC(=O)c1cccc(COc2cccc(NCCN)c2)c1. The lowest BCUT2D eigenvalue weighted by Crippen LogP contribution is -2.12. The number of benzene rings is 2. The summed E-state index contributed by atoms with van der Waals surface area (Å²) in [4.78, 5) is 11.5. The molecule has 0 spiro atoms. The number of nitrogens with one attached hydrogen (secondary N) is 1. The van der Waals surface area contributed by atoms with Crippen LogP contribution in [0, 0.1) is 0 Å². The van der Waals surface area contributed by atoms with E-state index in [4.69, 9.17) is 15.2 Å². The molecule has 3 N–H and O–H groups in total. The Kier molecular flexibility index (Phi) is 5.80. The van der Waals surface area contributed by atoms with Crippen LogP contribution in [0.5, 0.6) is 5.75 Å². The third kappa shape index (κ3) is 4.49. The van der Waals surface area contributed by atoms with Crippen LogP contribution in [-0.4, -0.2) is 26.2 Å². The van der Waals surface area contributed by atoms with Crippen LogP contribution in [0.4, 0.5) is 5.69 Å². The predicted octanol–water partition coefficient (Wildman–Crippen LogP) is 2.42. The van der Waals surface area contributed by atoms with Gasteiger partial charge in [-0.15, -0.1) is 0 Å². The van der Waals surface area contributed by atoms with Crippen LogP contribution in [0.3, 0.4) is 0 Å². The smallest absolute Gasteiger partial charge is 0.337 e. The second kappa shape index (κ2) is 8.05. The molecular weight excluding hydrogens is 280 g/mol. The van der Waals surface area contributed by atoms with Gasteiger partial charge in [-0.1, -0.05) is 18.2 Å². The molecule has 116 valence electrons. The van der Waals surface area contributed by atoms with Crippen LogP contribution in [0.2, 0.25) is 0 Å². The lowest BCUT2D eigenvalue weighted by atomic mass is 10.1. The number of carbonyl (C=O) groups excluding carboxylic acids is 1. The minimum Gasteiger partial charge on any atom is -0.489 e. The van der Waals surface area contributed by atoms with Crippen LogP contribution in [0.15, 0.2) is 48.5 Å². The standard InChI is InChI=1S/C17H20N2O3/c1-21-17(20)14-5-2-4-13(10-14)12-22-16-7-3-6-15(11-16)19-9-8-18/h2-7,10-11,19H,8-9,12,18H2,1H3. The molecular formula is C17H20N2O3. The summed E-state index contributed by atoms with van der Waals surface area (Å²) in [7, 11) is 1.37. The van der Waals surface area contributed by atoms with Gasteiger partial charge in [-0.2, -0.15) is 0 Å². The van der Waals surface area contributed by atoms with Crippen molar-refractivity contribution in [1.82, 2.24) is 0 Å². The van der Waals surface area contributed by atoms with E-state index in [1.54, 1.807) is 12.1 Å². The van der Waals surface area contributed by atoms with Gasteiger partial charge < -0.3 is 20.5 Å².